The van der Waals surface area contributed by atoms with Gasteiger partial charge in [-0.1, -0.05) is 25.1 Å². The maximum Gasteiger partial charge on any atom is 0.0442 e. The van der Waals surface area contributed by atoms with Gasteiger partial charge < -0.3 is 4.90 Å². The van der Waals surface area contributed by atoms with Crippen LogP contribution in [0.15, 0.2) is 24.3 Å². The minimum Gasteiger partial charge on any atom is -0.368 e. The molecule has 0 bridgehead atoms. The Bertz CT molecular complexity index is 352. The molecule has 0 aliphatic carbocycles. The molecule has 0 amide bonds. The summed E-state index contributed by atoms with van der Waals surface area (Å²) in [6.45, 7) is 6.54. The second-order valence-electron chi connectivity index (χ2n) is 3.69. The highest BCUT2D eigenvalue weighted by atomic mass is 15.1. The lowest BCUT2D eigenvalue weighted by atomic mass is 10.0. The molecule has 0 radical (unpaired) electrons. The highest BCUT2D eigenvalue weighted by Gasteiger charge is 2.10. The Balaban J connectivity index is 2.42. The molecule has 1 heterocycles. The van der Waals surface area contributed by atoms with Crippen molar-refractivity contribution in [1.82, 2.24) is 0 Å². The fourth-order valence-electron chi connectivity index (χ4n) is 1.95. The van der Waals surface area contributed by atoms with Crippen LogP contribution in [-0.4, -0.2) is 13.1 Å². The van der Waals surface area contributed by atoms with E-state index in [4.69, 9.17) is 0 Å². The molecule has 1 aliphatic heterocycles. The topological polar surface area (TPSA) is 3.24 Å². The standard InChI is InChI=1S/C13H17N/c1-3-11-7-8-13-12(10-11)6-5-9-14(13)4-2/h5-8,10H,3-4,9H2,1-2H3. The normalized spacial score (nSPS) is 14.3. The van der Waals surface area contributed by atoms with Crippen molar-refractivity contribution in [3.05, 3.63) is 35.4 Å². The third kappa shape index (κ3) is 1.54. The summed E-state index contributed by atoms with van der Waals surface area (Å²) in [5, 5.41) is 0. The molecule has 0 fully saturated rings. The fraction of sp³-hybridized carbons (Fsp3) is 0.385. The van der Waals surface area contributed by atoms with Gasteiger partial charge in [0.1, 0.15) is 0 Å². The van der Waals surface area contributed by atoms with Gasteiger partial charge >= 0.3 is 0 Å². The van der Waals surface area contributed by atoms with Crippen LogP contribution >= 0.6 is 0 Å². The van der Waals surface area contributed by atoms with Gasteiger partial charge in [-0.2, -0.15) is 0 Å². The Labute approximate surface area is 86.1 Å². The largest absolute Gasteiger partial charge is 0.368 e. The predicted octanol–water partition coefficient (Wildman–Crippen LogP) is 3.10. The minimum absolute atomic E-state index is 1.05. The summed E-state index contributed by atoms with van der Waals surface area (Å²) in [5.74, 6) is 0. The SMILES string of the molecule is CCc1ccc2c(c1)C=CCN2CC. The van der Waals surface area contributed by atoms with Crippen LogP contribution in [0.4, 0.5) is 5.69 Å². The molecule has 74 valence electrons. The third-order valence-electron chi connectivity index (χ3n) is 2.85. The molecule has 14 heavy (non-hydrogen) atoms. The Morgan fingerprint density at radius 2 is 2.14 bits per heavy atom. The van der Waals surface area contributed by atoms with E-state index in [2.05, 4.69) is 49.1 Å². The van der Waals surface area contributed by atoms with Gasteiger partial charge in [-0.25, -0.2) is 0 Å². The van der Waals surface area contributed by atoms with Crippen LogP contribution in [0.1, 0.15) is 25.0 Å². The smallest absolute Gasteiger partial charge is 0.0442 e. The number of aryl methyl sites for hydroxylation is 1. The second-order valence-corrected chi connectivity index (χ2v) is 3.69. The lowest BCUT2D eigenvalue weighted by Gasteiger charge is -2.27. The van der Waals surface area contributed by atoms with E-state index in [9.17, 15) is 0 Å². The van der Waals surface area contributed by atoms with Crippen LogP contribution in [-0.2, 0) is 6.42 Å². The molecule has 0 unspecified atom stereocenters. The van der Waals surface area contributed by atoms with Crippen LogP contribution in [0.2, 0.25) is 0 Å². The first kappa shape index (κ1) is 9.32. The molecular formula is C13H17N. The Kier molecular flexibility index (Phi) is 2.58. The van der Waals surface area contributed by atoms with Crippen molar-refractivity contribution in [2.45, 2.75) is 20.3 Å². The molecule has 0 N–H and O–H groups in total. The average molecular weight is 187 g/mol. The van der Waals surface area contributed by atoms with Gasteiger partial charge in [0.2, 0.25) is 0 Å². The molecule has 0 saturated carbocycles. The molecule has 0 spiro atoms. The number of rotatable bonds is 2. The summed E-state index contributed by atoms with van der Waals surface area (Å²) in [4.78, 5) is 2.40. The number of nitrogens with zero attached hydrogens (tertiary/aromatic N) is 1. The summed E-state index contributed by atoms with van der Waals surface area (Å²) in [5.41, 5.74) is 4.18. The molecule has 0 saturated heterocycles. The second kappa shape index (κ2) is 3.87. The van der Waals surface area contributed by atoms with Gasteiger partial charge in [0.15, 0.2) is 0 Å². The molecule has 0 aromatic heterocycles. The van der Waals surface area contributed by atoms with Crippen molar-refractivity contribution in [1.29, 1.82) is 0 Å². The Hall–Kier alpha value is -1.24. The van der Waals surface area contributed by atoms with Crippen LogP contribution in [0.5, 0.6) is 0 Å². The zero-order valence-corrected chi connectivity index (χ0v) is 8.96. The van der Waals surface area contributed by atoms with E-state index in [1.807, 2.05) is 0 Å². The summed E-state index contributed by atoms with van der Waals surface area (Å²) >= 11 is 0. The van der Waals surface area contributed by atoms with Crippen molar-refractivity contribution in [3.63, 3.8) is 0 Å². The number of benzene rings is 1. The number of likely N-dealkylation sites (N-methyl/N-ethyl adjacent to an activating group) is 1. The monoisotopic (exact) mass is 187 g/mol. The molecule has 1 aromatic rings. The number of hydrogen-bond acceptors (Lipinski definition) is 1. The van der Waals surface area contributed by atoms with Gasteiger partial charge in [-0.3, -0.25) is 0 Å². The van der Waals surface area contributed by atoms with E-state index in [1.54, 1.807) is 0 Å². The van der Waals surface area contributed by atoms with Gasteiger partial charge in [-0.05, 0) is 36.6 Å². The number of hydrogen-bond donors (Lipinski definition) is 0. The lowest BCUT2D eigenvalue weighted by molar-refractivity contribution is 0.897. The quantitative estimate of drug-likeness (QED) is 0.687. The van der Waals surface area contributed by atoms with Crippen LogP contribution in [0.25, 0.3) is 6.08 Å². The van der Waals surface area contributed by atoms with Crippen molar-refractivity contribution in [2.24, 2.45) is 0 Å². The van der Waals surface area contributed by atoms with Crippen molar-refractivity contribution in [3.8, 4) is 0 Å². The van der Waals surface area contributed by atoms with Gasteiger partial charge in [0, 0.05) is 18.8 Å². The highest BCUT2D eigenvalue weighted by Crippen LogP contribution is 2.26. The molecule has 0 atom stereocenters. The van der Waals surface area contributed by atoms with Crippen LogP contribution in [0.3, 0.4) is 0 Å². The fourth-order valence-corrected chi connectivity index (χ4v) is 1.95. The third-order valence-corrected chi connectivity index (χ3v) is 2.85. The maximum atomic E-state index is 2.40. The van der Waals surface area contributed by atoms with Gasteiger partial charge in [-0.15, -0.1) is 0 Å². The Morgan fingerprint density at radius 3 is 2.86 bits per heavy atom. The van der Waals surface area contributed by atoms with E-state index in [0.29, 0.717) is 0 Å². The maximum absolute atomic E-state index is 2.40. The zero-order valence-electron chi connectivity index (χ0n) is 8.96. The van der Waals surface area contributed by atoms with E-state index in [-0.39, 0.29) is 0 Å². The summed E-state index contributed by atoms with van der Waals surface area (Å²) in [7, 11) is 0. The molecule has 1 nitrogen and oxygen atoms in total. The zero-order chi connectivity index (χ0) is 9.97. The first-order valence-electron chi connectivity index (χ1n) is 5.39. The molecule has 1 aromatic carbocycles. The van der Waals surface area contributed by atoms with Gasteiger partial charge in [0.25, 0.3) is 0 Å². The first-order valence-corrected chi connectivity index (χ1v) is 5.39. The minimum atomic E-state index is 1.05. The predicted molar refractivity (Wildman–Crippen MR) is 62.7 cm³/mol. The van der Waals surface area contributed by atoms with E-state index in [0.717, 1.165) is 19.5 Å². The summed E-state index contributed by atoms with van der Waals surface area (Å²) in [6.07, 6.45) is 5.60. The summed E-state index contributed by atoms with van der Waals surface area (Å²) in [6, 6.07) is 6.79. The van der Waals surface area contributed by atoms with Crippen molar-refractivity contribution >= 4 is 11.8 Å². The molecule has 2 rings (SSSR count). The van der Waals surface area contributed by atoms with Crippen LogP contribution < -0.4 is 4.90 Å². The number of anilines is 1. The van der Waals surface area contributed by atoms with Crippen molar-refractivity contribution < 1.29 is 0 Å². The first-order chi connectivity index (χ1) is 6.85. The number of fused-ring (bicyclic) bond motifs is 1. The Morgan fingerprint density at radius 1 is 1.29 bits per heavy atom. The van der Waals surface area contributed by atoms with Crippen LogP contribution in [0, 0.1) is 0 Å². The summed E-state index contributed by atoms with van der Waals surface area (Å²) < 4.78 is 0. The van der Waals surface area contributed by atoms with E-state index >= 15 is 0 Å². The molecule has 1 heteroatoms. The van der Waals surface area contributed by atoms with Crippen molar-refractivity contribution in [2.75, 3.05) is 18.0 Å². The van der Waals surface area contributed by atoms with E-state index < -0.39 is 0 Å². The van der Waals surface area contributed by atoms with Gasteiger partial charge in [0.05, 0.1) is 0 Å². The highest BCUT2D eigenvalue weighted by molar-refractivity contribution is 5.71. The molecule has 1 aliphatic rings. The average Bonchev–Trinajstić information content (AvgIpc) is 2.27. The molecular weight excluding hydrogens is 170 g/mol. The van der Waals surface area contributed by atoms with E-state index in [1.165, 1.54) is 16.8 Å². The lowest BCUT2D eigenvalue weighted by Crippen LogP contribution is -2.25.